The van der Waals surface area contributed by atoms with Crippen LogP contribution in [0.25, 0.3) is 0 Å². The molecule has 0 aliphatic rings. The summed E-state index contributed by atoms with van der Waals surface area (Å²) in [6.45, 7) is 6.37. The molecular formula is C30H50N6O2. The van der Waals surface area contributed by atoms with Crippen LogP contribution in [0.15, 0.2) is 60.7 Å². The lowest BCUT2D eigenvalue weighted by Gasteiger charge is -2.09. The zero-order chi connectivity index (χ0) is 26.2. The van der Waals surface area contributed by atoms with E-state index in [1.54, 1.807) is 0 Å². The molecular weight excluding hydrogens is 476 g/mol. The van der Waals surface area contributed by atoms with Gasteiger partial charge in [-0.05, 0) is 63.0 Å². The Kier molecular flexibility index (Phi) is 20.0. The fraction of sp³-hybridized carbons (Fsp3) is 0.533. The molecule has 6 N–H and O–H groups in total. The van der Waals surface area contributed by atoms with Crippen LogP contribution >= 0.6 is 0 Å². The molecule has 0 aliphatic heterocycles. The first-order valence-corrected chi connectivity index (χ1v) is 13.8. The van der Waals surface area contributed by atoms with Gasteiger partial charge in [-0.1, -0.05) is 87.4 Å². The number of urea groups is 2. The van der Waals surface area contributed by atoms with Crippen LogP contribution in [0.2, 0.25) is 0 Å². The molecule has 8 heteroatoms. The minimum Gasteiger partial charge on any atom is -0.338 e. The molecule has 2 rings (SSSR count). The van der Waals surface area contributed by atoms with Gasteiger partial charge in [0, 0.05) is 26.2 Å². The van der Waals surface area contributed by atoms with E-state index in [1.165, 1.54) is 32.1 Å². The largest absolute Gasteiger partial charge is 0.338 e. The van der Waals surface area contributed by atoms with Gasteiger partial charge >= 0.3 is 12.1 Å². The van der Waals surface area contributed by atoms with Crippen LogP contribution < -0.4 is 31.9 Å². The molecule has 0 saturated heterocycles. The van der Waals surface area contributed by atoms with Crippen molar-refractivity contribution in [3.8, 4) is 0 Å². The Bertz CT molecular complexity index is 766. The summed E-state index contributed by atoms with van der Waals surface area (Å²) < 4.78 is 0. The topological polar surface area (TPSA) is 106 Å². The van der Waals surface area contributed by atoms with Crippen molar-refractivity contribution >= 4 is 12.1 Å². The Balaban J connectivity index is 0.00000722. The van der Waals surface area contributed by atoms with Crippen molar-refractivity contribution in [2.24, 2.45) is 0 Å². The Morgan fingerprint density at radius 1 is 0.447 bits per heavy atom. The van der Waals surface area contributed by atoms with Gasteiger partial charge in [0.1, 0.15) is 0 Å². The van der Waals surface area contributed by atoms with Crippen molar-refractivity contribution in [1.82, 2.24) is 31.9 Å². The molecule has 8 nitrogen and oxygen atoms in total. The third kappa shape index (κ3) is 18.2. The molecule has 0 unspecified atom stereocenters. The summed E-state index contributed by atoms with van der Waals surface area (Å²) in [4.78, 5) is 23.6. The molecule has 0 spiro atoms. The monoisotopic (exact) mass is 526 g/mol. The summed E-state index contributed by atoms with van der Waals surface area (Å²) in [5.41, 5.74) is 2.20. The molecule has 0 aromatic heterocycles. The third-order valence-corrected chi connectivity index (χ3v) is 5.93. The number of carbonyl (C=O) groups excluding carboxylic acids is 2. The summed E-state index contributed by atoms with van der Waals surface area (Å²) in [5.74, 6) is 0. The number of benzene rings is 2. The fourth-order valence-electron chi connectivity index (χ4n) is 3.79. The first-order valence-electron chi connectivity index (χ1n) is 13.8. The highest BCUT2D eigenvalue weighted by atomic mass is 16.2. The maximum Gasteiger partial charge on any atom is 0.315 e. The van der Waals surface area contributed by atoms with Crippen LogP contribution in [0.4, 0.5) is 9.59 Å². The Hall–Kier alpha value is -3.10. The Morgan fingerprint density at radius 2 is 0.816 bits per heavy atom. The number of rotatable bonds is 20. The van der Waals surface area contributed by atoms with Gasteiger partial charge < -0.3 is 31.9 Å². The van der Waals surface area contributed by atoms with E-state index < -0.39 is 0 Å². The van der Waals surface area contributed by atoms with Crippen molar-refractivity contribution in [3.63, 3.8) is 0 Å². The molecule has 0 atom stereocenters. The van der Waals surface area contributed by atoms with Crippen LogP contribution in [-0.4, -0.2) is 51.3 Å². The number of hydrogen-bond donors (Lipinski definition) is 6. The predicted octanol–water partition coefficient (Wildman–Crippen LogP) is 4.53. The van der Waals surface area contributed by atoms with Crippen molar-refractivity contribution in [2.45, 2.75) is 65.5 Å². The minimum atomic E-state index is -0.114. The molecule has 212 valence electrons. The molecule has 0 saturated carbocycles. The average molecular weight is 527 g/mol. The second-order valence-electron chi connectivity index (χ2n) is 9.16. The van der Waals surface area contributed by atoms with E-state index in [1.807, 2.05) is 60.7 Å². The summed E-state index contributed by atoms with van der Waals surface area (Å²) in [5, 5.41) is 18.4. The summed E-state index contributed by atoms with van der Waals surface area (Å²) in [7, 11) is 0. The molecule has 0 bridgehead atoms. The van der Waals surface area contributed by atoms with Gasteiger partial charge in [-0.15, -0.1) is 0 Å². The molecule has 0 heterocycles. The number of amides is 4. The SMILES string of the molecule is C.O=C(NCCCNCCCCCCCNCCCNC(=O)NCc1ccccc1)NCc1ccccc1. The predicted molar refractivity (Wildman–Crippen MR) is 158 cm³/mol. The van der Waals surface area contributed by atoms with Crippen molar-refractivity contribution < 1.29 is 9.59 Å². The molecule has 38 heavy (non-hydrogen) atoms. The number of unbranched alkanes of at least 4 members (excludes halogenated alkanes) is 4. The Morgan fingerprint density at radius 3 is 1.24 bits per heavy atom. The van der Waals surface area contributed by atoms with E-state index in [2.05, 4.69) is 31.9 Å². The lowest BCUT2D eigenvalue weighted by Crippen LogP contribution is -2.36. The maximum atomic E-state index is 11.8. The van der Waals surface area contributed by atoms with E-state index in [0.717, 1.165) is 50.1 Å². The van der Waals surface area contributed by atoms with E-state index in [-0.39, 0.29) is 19.5 Å². The lowest BCUT2D eigenvalue weighted by molar-refractivity contribution is 0.239. The lowest BCUT2D eigenvalue weighted by atomic mass is 10.1. The Labute approximate surface area is 230 Å². The van der Waals surface area contributed by atoms with Crippen LogP contribution in [0.5, 0.6) is 0 Å². The van der Waals surface area contributed by atoms with Crippen LogP contribution in [0.3, 0.4) is 0 Å². The van der Waals surface area contributed by atoms with Gasteiger partial charge in [0.05, 0.1) is 0 Å². The second kappa shape index (κ2) is 23.0. The van der Waals surface area contributed by atoms with Crippen LogP contribution in [0.1, 0.15) is 63.5 Å². The van der Waals surface area contributed by atoms with E-state index in [0.29, 0.717) is 26.2 Å². The normalized spacial score (nSPS) is 10.3. The van der Waals surface area contributed by atoms with Gasteiger partial charge in [-0.2, -0.15) is 0 Å². The van der Waals surface area contributed by atoms with Gasteiger partial charge in [-0.3, -0.25) is 0 Å². The maximum absolute atomic E-state index is 11.8. The first kappa shape index (κ1) is 32.9. The van der Waals surface area contributed by atoms with Gasteiger partial charge in [0.2, 0.25) is 0 Å². The molecule has 0 radical (unpaired) electrons. The molecule has 0 aliphatic carbocycles. The molecule has 0 fully saturated rings. The highest BCUT2D eigenvalue weighted by Gasteiger charge is 2.00. The summed E-state index contributed by atoms with van der Waals surface area (Å²) in [6, 6.07) is 19.6. The standard InChI is InChI=1S/C29H46N6O2.CH4/c36-28(34-24-26-14-6-4-7-15-26)32-22-12-20-30-18-10-2-1-3-11-19-31-21-13-23-33-29(37)35-25-27-16-8-5-9-17-27;/h4-9,14-17,30-31H,1-3,10-13,18-25H2,(H2,32,34,36)(H2,33,35,37);1H4. The molecule has 2 aromatic rings. The average Bonchev–Trinajstić information content (AvgIpc) is 2.93. The zero-order valence-electron chi connectivity index (χ0n) is 22.2. The van der Waals surface area contributed by atoms with E-state index in [4.69, 9.17) is 0 Å². The highest BCUT2D eigenvalue weighted by molar-refractivity contribution is 5.74. The van der Waals surface area contributed by atoms with Gasteiger partial charge in [-0.25, -0.2) is 9.59 Å². The van der Waals surface area contributed by atoms with E-state index in [9.17, 15) is 9.59 Å². The third-order valence-electron chi connectivity index (χ3n) is 5.93. The van der Waals surface area contributed by atoms with Crippen molar-refractivity contribution in [2.75, 3.05) is 39.3 Å². The van der Waals surface area contributed by atoms with Gasteiger partial charge in [0.25, 0.3) is 0 Å². The number of nitrogens with one attached hydrogen (secondary N) is 6. The van der Waals surface area contributed by atoms with Crippen molar-refractivity contribution in [3.05, 3.63) is 71.8 Å². The molecule has 4 amide bonds. The van der Waals surface area contributed by atoms with E-state index >= 15 is 0 Å². The minimum absolute atomic E-state index is 0. The van der Waals surface area contributed by atoms with Crippen LogP contribution in [0, 0.1) is 0 Å². The second-order valence-corrected chi connectivity index (χ2v) is 9.16. The highest BCUT2D eigenvalue weighted by Crippen LogP contribution is 2.02. The fourth-order valence-corrected chi connectivity index (χ4v) is 3.79. The number of hydrogen-bond acceptors (Lipinski definition) is 4. The van der Waals surface area contributed by atoms with Gasteiger partial charge in [0.15, 0.2) is 0 Å². The smallest absolute Gasteiger partial charge is 0.315 e. The summed E-state index contributed by atoms with van der Waals surface area (Å²) in [6.07, 6.45) is 7.99. The molecule has 2 aromatic carbocycles. The summed E-state index contributed by atoms with van der Waals surface area (Å²) >= 11 is 0. The zero-order valence-corrected chi connectivity index (χ0v) is 22.2. The first-order chi connectivity index (χ1) is 18.2. The quantitative estimate of drug-likeness (QED) is 0.143. The van der Waals surface area contributed by atoms with Crippen LogP contribution in [-0.2, 0) is 13.1 Å². The number of carbonyl (C=O) groups is 2. The van der Waals surface area contributed by atoms with Crippen molar-refractivity contribution in [1.29, 1.82) is 0 Å².